The first-order chi connectivity index (χ1) is 11.6. The first-order valence-electron chi connectivity index (χ1n) is 7.96. The van der Waals surface area contributed by atoms with Gasteiger partial charge in [-0.1, -0.05) is 0 Å². The highest BCUT2D eigenvalue weighted by molar-refractivity contribution is 5.76. The van der Waals surface area contributed by atoms with Crippen LogP contribution in [-0.4, -0.2) is 27.6 Å². The summed E-state index contributed by atoms with van der Waals surface area (Å²) in [6.45, 7) is 0.249. The Labute approximate surface area is 138 Å². The molecule has 1 aliphatic rings. The minimum Gasteiger partial charge on any atom is -0.490 e. The van der Waals surface area contributed by atoms with Crippen molar-refractivity contribution in [3.63, 3.8) is 0 Å². The monoisotopic (exact) mass is 335 g/mol. The van der Waals surface area contributed by atoms with Gasteiger partial charge in [0.1, 0.15) is 23.9 Å². The molecule has 1 amide bonds. The van der Waals surface area contributed by atoms with Crippen LogP contribution >= 0.6 is 0 Å². The zero-order chi connectivity index (χ0) is 16.9. The molecule has 2 aromatic rings. The van der Waals surface area contributed by atoms with Gasteiger partial charge >= 0.3 is 0 Å². The molecule has 24 heavy (non-hydrogen) atoms. The van der Waals surface area contributed by atoms with Crippen molar-refractivity contribution < 1.29 is 18.3 Å². The SMILES string of the molecule is O=C(Cn1ccnc1)NC1CCC(Oc2cc(F)cc(F)c2)CC1. The summed E-state index contributed by atoms with van der Waals surface area (Å²) in [6.07, 6.45) is 7.89. The van der Waals surface area contributed by atoms with Gasteiger partial charge in [-0.2, -0.15) is 0 Å². The molecule has 0 bridgehead atoms. The molecule has 0 radical (unpaired) electrons. The van der Waals surface area contributed by atoms with Gasteiger partial charge in [0.2, 0.25) is 5.91 Å². The zero-order valence-corrected chi connectivity index (χ0v) is 13.1. The molecule has 3 rings (SSSR count). The summed E-state index contributed by atoms with van der Waals surface area (Å²) in [5.41, 5.74) is 0. The number of carbonyl (C=O) groups is 1. The molecule has 0 aliphatic heterocycles. The summed E-state index contributed by atoms with van der Waals surface area (Å²) in [6, 6.07) is 3.29. The minimum atomic E-state index is -0.648. The van der Waals surface area contributed by atoms with Gasteiger partial charge in [0, 0.05) is 36.6 Å². The van der Waals surface area contributed by atoms with Crippen molar-refractivity contribution in [1.29, 1.82) is 0 Å². The number of benzene rings is 1. The van der Waals surface area contributed by atoms with Crippen LogP contribution in [0.25, 0.3) is 0 Å². The van der Waals surface area contributed by atoms with Crippen LogP contribution in [0, 0.1) is 11.6 Å². The first kappa shape index (κ1) is 16.4. The second-order valence-corrected chi connectivity index (χ2v) is 6.00. The summed E-state index contributed by atoms with van der Waals surface area (Å²) < 4.78 is 33.7. The molecule has 0 spiro atoms. The Balaban J connectivity index is 1.44. The van der Waals surface area contributed by atoms with Crippen LogP contribution in [-0.2, 0) is 11.3 Å². The molecule has 1 fully saturated rings. The van der Waals surface area contributed by atoms with E-state index in [4.69, 9.17) is 4.74 Å². The molecule has 128 valence electrons. The summed E-state index contributed by atoms with van der Waals surface area (Å²) in [4.78, 5) is 15.8. The van der Waals surface area contributed by atoms with Gasteiger partial charge in [-0.15, -0.1) is 0 Å². The third-order valence-corrected chi connectivity index (χ3v) is 4.06. The minimum absolute atomic E-state index is 0.0513. The third-order valence-electron chi connectivity index (χ3n) is 4.06. The van der Waals surface area contributed by atoms with Crippen molar-refractivity contribution >= 4 is 5.91 Å². The Morgan fingerprint density at radius 2 is 1.92 bits per heavy atom. The largest absolute Gasteiger partial charge is 0.490 e. The third kappa shape index (κ3) is 4.53. The summed E-state index contributed by atoms with van der Waals surface area (Å²) in [5, 5.41) is 3.00. The molecule has 1 heterocycles. The molecule has 0 unspecified atom stereocenters. The standard InChI is InChI=1S/C17H19F2N3O2/c18-12-7-13(19)9-16(8-12)24-15-3-1-14(2-4-15)21-17(23)10-22-6-5-20-11-22/h5-9,11,14-15H,1-4,10H2,(H,21,23). The predicted octanol–water partition coefficient (Wildman–Crippen LogP) is 2.67. The number of hydrogen-bond acceptors (Lipinski definition) is 3. The number of hydrogen-bond donors (Lipinski definition) is 1. The lowest BCUT2D eigenvalue weighted by molar-refractivity contribution is -0.122. The molecule has 1 N–H and O–H groups in total. The van der Waals surface area contributed by atoms with Crippen LogP contribution in [0.5, 0.6) is 5.75 Å². The van der Waals surface area contributed by atoms with Gasteiger partial charge in [0.05, 0.1) is 12.4 Å². The van der Waals surface area contributed by atoms with Gasteiger partial charge in [0.25, 0.3) is 0 Å². The highest BCUT2D eigenvalue weighted by Gasteiger charge is 2.24. The van der Waals surface area contributed by atoms with Crippen LogP contribution in [0.15, 0.2) is 36.9 Å². The number of amides is 1. The van der Waals surface area contributed by atoms with Crippen molar-refractivity contribution in [2.45, 2.75) is 44.4 Å². The lowest BCUT2D eigenvalue weighted by Crippen LogP contribution is -2.41. The summed E-state index contributed by atoms with van der Waals surface area (Å²) >= 11 is 0. The highest BCUT2D eigenvalue weighted by atomic mass is 19.1. The van der Waals surface area contributed by atoms with Gasteiger partial charge < -0.3 is 14.6 Å². The van der Waals surface area contributed by atoms with Crippen LogP contribution in [0.1, 0.15) is 25.7 Å². The molecular weight excluding hydrogens is 316 g/mol. The topological polar surface area (TPSA) is 56.2 Å². The van der Waals surface area contributed by atoms with Gasteiger partial charge in [-0.05, 0) is 25.7 Å². The lowest BCUT2D eigenvalue weighted by Gasteiger charge is -2.29. The predicted molar refractivity (Wildman–Crippen MR) is 83.4 cm³/mol. The molecular formula is C17H19F2N3O2. The second-order valence-electron chi connectivity index (χ2n) is 6.00. The van der Waals surface area contributed by atoms with E-state index in [1.54, 1.807) is 23.3 Å². The van der Waals surface area contributed by atoms with Crippen LogP contribution in [0.2, 0.25) is 0 Å². The van der Waals surface area contributed by atoms with Crippen molar-refractivity contribution in [3.8, 4) is 5.75 Å². The molecule has 1 aliphatic carbocycles. The summed E-state index contributed by atoms with van der Waals surface area (Å²) in [7, 11) is 0. The zero-order valence-electron chi connectivity index (χ0n) is 13.1. The van der Waals surface area contributed by atoms with E-state index in [9.17, 15) is 13.6 Å². The van der Waals surface area contributed by atoms with Crippen molar-refractivity contribution in [1.82, 2.24) is 14.9 Å². The number of carbonyl (C=O) groups excluding carboxylic acids is 1. The average Bonchev–Trinajstić information content (AvgIpc) is 3.01. The number of ether oxygens (including phenoxy) is 1. The van der Waals surface area contributed by atoms with Crippen molar-refractivity contribution in [2.75, 3.05) is 0 Å². The molecule has 1 saturated carbocycles. The van der Waals surface area contributed by atoms with Crippen molar-refractivity contribution in [3.05, 3.63) is 48.6 Å². The molecule has 5 nitrogen and oxygen atoms in total. The molecule has 0 atom stereocenters. The number of imidazole rings is 1. The Bertz CT molecular complexity index is 663. The van der Waals surface area contributed by atoms with Crippen molar-refractivity contribution in [2.24, 2.45) is 0 Å². The fourth-order valence-electron chi connectivity index (χ4n) is 2.93. The van der Waals surface area contributed by atoms with Gasteiger partial charge in [-0.25, -0.2) is 13.8 Å². The van der Waals surface area contributed by atoms with Gasteiger partial charge in [0.15, 0.2) is 0 Å². The molecule has 1 aromatic carbocycles. The summed E-state index contributed by atoms with van der Waals surface area (Å²) in [5.74, 6) is -1.14. The maximum atomic E-state index is 13.2. The van der Waals surface area contributed by atoms with E-state index < -0.39 is 11.6 Å². The van der Waals surface area contributed by atoms with E-state index in [1.807, 2.05) is 0 Å². The molecule has 1 aromatic heterocycles. The van der Waals surface area contributed by atoms with Crippen LogP contribution in [0.3, 0.4) is 0 Å². The normalized spacial score (nSPS) is 20.6. The van der Waals surface area contributed by atoms with E-state index in [-0.39, 0.29) is 30.3 Å². The lowest BCUT2D eigenvalue weighted by atomic mass is 9.93. The van der Waals surface area contributed by atoms with Gasteiger partial charge in [-0.3, -0.25) is 4.79 Å². The fraction of sp³-hybridized carbons (Fsp3) is 0.412. The number of rotatable bonds is 5. The maximum Gasteiger partial charge on any atom is 0.240 e. The maximum absolute atomic E-state index is 13.2. The molecule has 7 heteroatoms. The Hall–Kier alpha value is -2.44. The second kappa shape index (κ2) is 7.42. The Morgan fingerprint density at radius 1 is 1.21 bits per heavy atom. The van der Waals surface area contributed by atoms with Crippen LogP contribution < -0.4 is 10.1 Å². The van der Waals surface area contributed by atoms with E-state index in [0.717, 1.165) is 31.7 Å². The smallest absolute Gasteiger partial charge is 0.240 e. The first-order valence-corrected chi connectivity index (χ1v) is 7.96. The van der Waals surface area contributed by atoms with Crippen LogP contribution in [0.4, 0.5) is 8.78 Å². The van der Waals surface area contributed by atoms with E-state index >= 15 is 0 Å². The van der Waals surface area contributed by atoms with E-state index in [1.165, 1.54) is 12.1 Å². The highest BCUT2D eigenvalue weighted by Crippen LogP contribution is 2.25. The Kier molecular flexibility index (Phi) is 5.08. The number of nitrogens with zero attached hydrogens (tertiary/aromatic N) is 2. The molecule has 0 saturated heterocycles. The number of aromatic nitrogens is 2. The average molecular weight is 335 g/mol. The number of nitrogens with one attached hydrogen (secondary N) is 1. The quantitative estimate of drug-likeness (QED) is 0.914. The fourth-order valence-corrected chi connectivity index (χ4v) is 2.93. The Morgan fingerprint density at radius 3 is 2.54 bits per heavy atom. The number of halogens is 2. The van der Waals surface area contributed by atoms with E-state index in [2.05, 4.69) is 10.3 Å². The van der Waals surface area contributed by atoms with E-state index in [0.29, 0.717) is 0 Å².